The van der Waals surface area contributed by atoms with Crippen LogP contribution in [0.4, 0.5) is 5.69 Å². The van der Waals surface area contributed by atoms with Gasteiger partial charge < -0.3 is 0 Å². The Morgan fingerprint density at radius 2 is 1.83 bits per heavy atom. The van der Waals surface area contributed by atoms with Gasteiger partial charge in [-0.25, -0.2) is 8.42 Å². The molecule has 6 nitrogen and oxygen atoms in total. The smallest absolute Gasteiger partial charge is 0.258 e. The van der Waals surface area contributed by atoms with Crippen LogP contribution in [0.1, 0.15) is 24.1 Å². The summed E-state index contributed by atoms with van der Waals surface area (Å²) in [6.07, 6.45) is 0. The molecule has 0 aliphatic rings. The third-order valence-corrected chi connectivity index (χ3v) is 6.47. The number of nitrogens with zero attached hydrogens (tertiary/aromatic N) is 2. The van der Waals surface area contributed by atoms with Gasteiger partial charge in [0.05, 0.1) is 9.82 Å². The van der Waals surface area contributed by atoms with Crippen molar-refractivity contribution < 1.29 is 13.3 Å². The first-order valence-corrected chi connectivity index (χ1v) is 8.95. The number of sulfonamides is 1. The maximum atomic E-state index is 12.9. The monoisotopic (exact) mass is 368 g/mol. The number of halogens is 1. The molecule has 0 heterocycles. The van der Waals surface area contributed by atoms with Crippen LogP contribution in [-0.2, 0) is 10.0 Å². The molecule has 128 valence electrons. The Balaban J connectivity index is 2.43. The summed E-state index contributed by atoms with van der Waals surface area (Å²) in [5.41, 5.74) is 0.927. The number of nitro benzene ring substituents is 1. The molecule has 0 aromatic heterocycles. The second-order valence-corrected chi connectivity index (χ2v) is 7.79. The summed E-state index contributed by atoms with van der Waals surface area (Å²) in [6.45, 7) is 3.32. The van der Waals surface area contributed by atoms with Gasteiger partial charge in [0.1, 0.15) is 0 Å². The second kappa shape index (κ2) is 6.88. The molecule has 0 saturated heterocycles. The molecule has 0 radical (unpaired) electrons. The lowest BCUT2D eigenvalue weighted by molar-refractivity contribution is -0.384. The standard InChI is InChI=1S/C16H17ClN2O4S/c1-11-15(17)8-5-9-16(11)24(22,23)18(3)12(2)13-6-4-7-14(10-13)19(20)21/h4-10,12H,1-3H3. The molecule has 0 aliphatic carbocycles. The zero-order valence-corrected chi connectivity index (χ0v) is 15.0. The molecule has 0 bridgehead atoms. The van der Waals surface area contributed by atoms with E-state index in [9.17, 15) is 18.5 Å². The van der Waals surface area contributed by atoms with Crippen molar-refractivity contribution in [2.75, 3.05) is 7.05 Å². The van der Waals surface area contributed by atoms with Crippen molar-refractivity contribution in [2.24, 2.45) is 0 Å². The van der Waals surface area contributed by atoms with Gasteiger partial charge in [-0.15, -0.1) is 0 Å². The average molecular weight is 369 g/mol. The number of nitro groups is 1. The summed E-state index contributed by atoms with van der Waals surface area (Å²) >= 11 is 6.02. The van der Waals surface area contributed by atoms with E-state index < -0.39 is 21.0 Å². The van der Waals surface area contributed by atoms with Crippen LogP contribution in [-0.4, -0.2) is 24.7 Å². The molecule has 0 fully saturated rings. The van der Waals surface area contributed by atoms with E-state index in [2.05, 4.69) is 0 Å². The predicted octanol–water partition coefficient (Wildman–Crippen LogP) is 3.94. The van der Waals surface area contributed by atoms with E-state index in [1.54, 1.807) is 32.0 Å². The summed E-state index contributed by atoms with van der Waals surface area (Å²) in [7, 11) is -2.35. The van der Waals surface area contributed by atoms with E-state index in [-0.39, 0.29) is 10.6 Å². The van der Waals surface area contributed by atoms with Gasteiger partial charge in [0.25, 0.3) is 5.69 Å². The van der Waals surface area contributed by atoms with Gasteiger partial charge >= 0.3 is 0 Å². The highest BCUT2D eigenvalue weighted by atomic mass is 35.5. The van der Waals surface area contributed by atoms with Crippen molar-refractivity contribution in [3.05, 3.63) is 68.7 Å². The lowest BCUT2D eigenvalue weighted by Gasteiger charge is -2.25. The number of non-ortho nitro benzene ring substituents is 1. The number of hydrogen-bond donors (Lipinski definition) is 0. The van der Waals surface area contributed by atoms with Gasteiger partial charge in [-0.05, 0) is 37.1 Å². The minimum atomic E-state index is -3.79. The van der Waals surface area contributed by atoms with E-state index in [0.29, 0.717) is 16.1 Å². The molecule has 2 rings (SSSR count). The number of benzene rings is 2. The summed E-state index contributed by atoms with van der Waals surface area (Å²) in [5, 5.41) is 11.3. The number of rotatable bonds is 5. The summed E-state index contributed by atoms with van der Waals surface area (Å²) in [4.78, 5) is 10.5. The van der Waals surface area contributed by atoms with Crippen LogP contribution >= 0.6 is 11.6 Å². The van der Waals surface area contributed by atoms with Crippen molar-refractivity contribution in [3.8, 4) is 0 Å². The van der Waals surface area contributed by atoms with Gasteiger partial charge in [0.2, 0.25) is 10.0 Å². The molecule has 2 aromatic carbocycles. The largest absolute Gasteiger partial charge is 0.269 e. The van der Waals surface area contributed by atoms with Crippen molar-refractivity contribution in [1.29, 1.82) is 0 Å². The molecule has 0 spiro atoms. The zero-order valence-electron chi connectivity index (χ0n) is 13.4. The molecular formula is C16H17ClN2O4S. The van der Waals surface area contributed by atoms with Crippen molar-refractivity contribution in [1.82, 2.24) is 4.31 Å². The van der Waals surface area contributed by atoms with Crippen LogP contribution in [0, 0.1) is 17.0 Å². The maximum absolute atomic E-state index is 12.9. The Kier molecular flexibility index (Phi) is 5.27. The molecular weight excluding hydrogens is 352 g/mol. The summed E-state index contributed by atoms with van der Waals surface area (Å²) in [6, 6.07) is 10.1. The molecule has 2 aromatic rings. The second-order valence-electron chi connectivity index (χ2n) is 5.41. The van der Waals surface area contributed by atoms with E-state index in [0.717, 1.165) is 0 Å². The number of hydrogen-bond acceptors (Lipinski definition) is 4. The van der Waals surface area contributed by atoms with Gasteiger partial charge in [0.15, 0.2) is 0 Å². The molecule has 8 heteroatoms. The molecule has 24 heavy (non-hydrogen) atoms. The highest BCUT2D eigenvalue weighted by Gasteiger charge is 2.28. The fourth-order valence-corrected chi connectivity index (χ4v) is 4.16. The van der Waals surface area contributed by atoms with Crippen LogP contribution in [0.2, 0.25) is 5.02 Å². The van der Waals surface area contributed by atoms with E-state index in [1.807, 2.05) is 0 Å². The van der Waals surface area contributed by atoms with E-state index in [1.165, 1.54) is 35.6 Å². The molecule has 0 amide bonds. The molecule has 1 atom stereocenters. The van der Waals surface area contributed by atoms with Crippen molar-refractivity contribution in [3.63, 3.8) is 0 Å². The Morgan fingerprint density at radius 1 is 1.21 bits per heavy atom. The molecule has 1 unspecified atom stereocenters. The lowest BCUT2D eigenvalue weighted by Crippen LogP contribution is -2.30. The average Bonchev–Trinajstić information content (AvgIpc) is 2.55. The SMILES string of the molecule is Cc1c(Cl)cccc1S(=O)(=O)N(C)C(C)c1cccc([N+](=O)[O-])c1. The normalized spacial score (nSPS) is 13.0. The zero-order chi connectivity index (χ0) is 18.1. The first-order chi connectivity index (χ1) is 11.2. The molecule has 0 saturated carbocycles. The molecule has 0 N–H and O–H groups in total. The highest BCUT2D eigenvalue weighted by molar-refractivity contribution is 7.89. The van der Waals surface area contributed by atoms with Crippen molar-refractivity contribution >= 4 is 27.3 Å². The van der Waals surface area contributed by atoms with Gasteiger partial charge in [0, 0.05) is 30.2 Å². The van der Waals surface area contributed by atoms with Crippen LogP contribution in [0.5, 0.6) is 0 Å². The third kappa shape index (κ3) is 3.43. The Bertz CT molecular complexity index is 883. The first-order valence-electron chi connectivity index (χ1n) is 7.13. The van der Waals surface area contributed by atoms with Gasteiger partial charge in [-0.2, -0.15) is 4.31 Å². The summed E-state index contributed by atoms with van der Waals surface area (Å²) < 4.78 is 26.9. The van der Waals surface area contributed by atoms with Crippen LogP contribution in [0.3, 0.4) is 0 Å². The maximum Gasteiger partial charge on any atom is 0.269 e. The fourth-order valence-electron chi connectivity index (χ4n) is 2.34. The van der Waals surface area contributed by atoms with Crippen molar-refractivity contribution in [2.45, 2.75) is 24.8 Å². The summed E-state index contributed by atoms with van der Waals surface area (Å²) in [5.74, 6) is 0. The van der Waals surface area contributed by atoms with Gasteiger partial charge in [-0.1, -0.05) is 29.8 Å². The molecule has 0 aliphatic heterocycles. The third-order valence-electron chi connectivity index (χ3n) is 3.98. The van der Waals surface area contributed by atoms with E-state index in [4.69, 9.17) is 11.6 Å². The highest BCUT2D eigenvalue weighted by Crippen LogP contribution is 2.30. The fraction of sp³-hybridized carbons (Fsp3) is 0.250. The van der Waals surface area contributed by atoms with E-state index >= 15 is 0 Å². The predicted molar refractivity (Wildman–Crippen MR) is 92.6 cm³/mol. The quantitative estimate of drug-likeness (QED) is 0.591. The van der Waals surface area contributed by atoms with Gasteiger partial charge in [-0.3, -0.25) is 10.1 Å². The Labute approximate surface area is 145 Å². The van der Waals surface area contributed by atoms with Crippen LogP contribution in [0.15, 0.2) is 47.4 Å². The minimum absolute atomic E-state index is 0.0796. The lowest BCUT2D eigenvalue weighted by atomic mass is 10.1. The first kappa shape index (κ1) is 18.4. The van der Waals surface area contributed by atoms with Crippen LogP contribution in [0.25, 0.3) is 0 Å². The minimum Gasteiger partial charge on any atom is -0.258 e. The topological polar surface area (TPSA) is 80.5 Å². The Morgan fingerprint density at radius 3 is 2.46 bits per heavy atom. The van der Waals surface area contributed by atoms with Crippen LogP contribution < -0.4 is 0 Å². The Hall–Kier alpha value is -1.96.